The molecule has 1 aliphatic rings. The molecule has 0 saturated carbocycles. The summed E-state index contributed by atoms with van der Waals surface area (Å²) in [4.78, 5) is 12.0. The number of thioether (sulfide) groups is 1. The second-order valence-corrected chi connectivity index (χ2v) is 6.78. The molecule has 2 heterocycles. The molecular weight excluding hydrogens is 312 g/mol. The number of anilines is 1. The van der Waals surface area contributed by atoms with Crippen LogP contribution >= 0.6 is 11.8 Å². The predicted molar refractivity (Wildman–Crippen MR) is 90.0 cm³/mol. The van der Waals surface area contributed by atoms with E-state index in [0.717, 1.165) is 23.9 Å². The zero-order valence-corrected chi connectivity index (χ0v) is 14.1. The summed E-state index contributed by atoms with van der Waals surface area (Å²) in [7, 11) is 0. The van der Waals surface area contributed by atoms with Crippen LogP contribution in [-0.4, -0.2) is 33.0 Å². The van der Waals surface area contributed by atoms with Crippen molar-refractivity contribution >= 4 is 23.6 Å². The zero-order valence-electron chi connectivity index (χ0n) is 13.3. The fraction of sp³-hybridized carbons (Fsp3) is 0.438. The first kappa shape index (κ1) is 15.9. The fourth-order valence-corrected chi connectivity index (χ4v) is 3.22. The molecule has 1 aromatic carbocycles. The summed E-state index contributed by atoms with van der Waals surface area (Å²) in [6.07, 6.45) is 1.05. The van der Waals surface area contributed by atoms with E-state index in [-0.39, 0.29) is 12.5 Å². The fourth-order valence-electron chi connectivity index (χ4n) is 2.33. The Labute approximate surface area is 139 Å². The van der Waals surface area contributed by atoms with Crippen LogP contribution in [0.4, 0.5) is 5.95 Å². The van der Waals surface area contributed by atoms with Crippen molar-refractivity contribution in [1.29, 1.82) is 0 Å². The number of carbonyl (C=O) groups is 1. The number of amides is 1. The van der Waals surface area contributed by atoms with Gasteiger partial charge < -0.3 is 4.74 Å². The van der Waals surface area contributed by atoms with Crippen LogP contribution in [0, 0.1) is 0 Å². The highest BCUT2D eigenvalue weighted by molar-refractivity contribution is 7.99. The minimum Gasteiger partial charge on any atom is -0.484 e. The number of carbonyl (C=O) groups excluding carboxylic acids is 1. The van der Waals surface area contributed by atoms with Gasteiger partial charge in [-0.25, -0.2) is 0 Å². The van der Waals surface area contributed by atoms with E-state index in [1.807, 2.05) is 28.8 Å². The van der Waals surface area contributed by atoms with Crippen LogP contribution in [0.3, 0.4) is 0 Å². The molecule has 2 aromatic rings. The Morgan fingerprint density at radius 1 is 1.35 bits per heavy atom. The Morgan fingerprint density at radius 2 is 2.13 bits per heavy atom. The lowest BCUT2D eigenvalue weighted by Crippen LogP contribution is -2.23. The number of rotatable bonds is 5. The Bertz CT molecular complexity index is 682. The quantitative estimate of drug-likeness (QED) is 0.912. The van der Waals surface area contributed by atoms with Crippen molar-refractivity contribution in [3.05, 3.63) is 29.8 Å². The molecule has 0 bridgehead atoms. The number of hydrogen-bond donors (Lipinski definition) is 1. The Kier molecular flexibility index (Phi) is 4.85. The number of fused-ring (bicyclic) bond motifs is 1. The lowest BCUT2D eigenvalue weighted by molar-refractivity contribution is -0.118. The summed E-state index contributed by atoms with van der Waals surface area (Å²) in [6.45, 7) is 5.07. The van der Waals surface area contributed by atoms with Crippen molar-refractivity contribution < 1.29 is 9.53 Å². The van der Waals surface area contributed by atoms with Gasteiger partial charge in [0.05, 0.1) is 0 Å². The van der Waals surface area contributed by atoms with Crippen LogP contribution in [0.15, 0.2) is 29.4 Å². The molecule has 0 fully saturated rings. The van der Waals surface area contributed by atoms with Crippen LogP contribution in [0.5, 0.6) is 5.75 Å². The van der Waals surface area contributed by atoms with Crippen LogP contribution in [0.1, 0.15) is 31.7 Å². The van der Waals surface area contributed by atoms with Crippen molar-refractivity contribution in [2.75, 3.05) is 17.7 Å². The second kappa shape index (κ2) is 7.04. The first-order valence-electron chi connectivity index (χ1n) is 7.72. The van der Waals surface area contributed by atoms with E-state index < -0.39 is 0 Å². The molecule has 1 N–H and O–H groups in total. The monoisotopic (exact) mass is 332 g/mol. The normalized spacial score (nSPS) is 13.7. The van der Waals surface area contributed by atoms with Gasteiger partial charge in [-0.15, -0.1) is 10.2 Å². The van der Waals surface area contributed by atoms with E-state index in [9.17, 15) is 4.79 Å². The largest absolute Gasteiger partial charge is 0.484 e. The van der Waals surface area contributed by atoms with Crippen molar-refractivity contribution in [3.8, 4) is 5.75 Å². The van der Waals surface area contributed by atoms with Crippen molar-refractivity contribution in [1.82, 2.24) is 14.8 Å². The summed E-state index contributed by atoms with van der Waals surface area (Å²) < 4.78 is 7.45. The molecule has 3 rings (SSSR count). The molecule has 1 aromatic heterocycles. The third-order valence-corrected chi connectivity index (χ3v) is 4.70. The predicted octanol–water partition coefficient (Wildman–Crippen LogP) is 2.91. The Balaban J connectivity index is 1.54. The highest BCUT2D eigenvalue weighted by Crippen LogP contribution is 2.25. The number of aromatic nitrogens is 3. The van der Waals surface area contributed by atoms with Crippen LogP contribution < -0.4 is 10.1 Å². The third-order valence-electron chi connectivity index (χ3n) is 3.64. The summed E-state index contributed by atoms with van der Waals surface area (Å²) in [5, 5.41) is 11.7. The molecule has 6 nitrogen and oxygen atoms in total. The number of hydrogen-bond acceptors (Lipinski definition) is 5. The van der Waals surface area contributed by atoms with Gasteiger partial charge >= 0.3 is 0 Å². The maximum absolute atomic E-state index is 12.0. The van der Waals surface area contributed by atoms with Gasteiger partial charge in [0.25, 0.3) is 5.91 Å². The van der Waals surface area contributed by atoms with Gasteiger partial charge in [-0.05, 0) is 30.0 Å². The number of ether oxygens (including phenoxy) is 1. The molecule has 1 amide bonds. The maximum atomic E-state index is 12.0. The number of nitrogens with one attached hydrogen (secondary N) is 1. The highest BCUT2D eigenvalue weighted by atomic mass is 32.2. The smallest absolute Gasteiger partial charge is 0.264 e. The first-order valence-corrected chi connectivity index (χ1v) is 8.70. The van der Waals surface area contributed by atoms with E-state index >= 15 is 0 Å². The molecule has 23 heavy (non-hydrogen) atoms. The standard InChI is InChI=1S/C16H20N4O2S/c1-11(2)12-4-6-13(7-5-12)22-10-14(21)17-15-18-19-16-20(15)8-3-9-23-16/h4-7,11H,3,8-10H2,1-2H3,(H,17,18,21). The molecule has 122 valence electrons. The van der Waals surface area contributed by atoms with E-state index in [2.05, 4.69) is 29.4 Å². The van der Waals surface area contributed by atoms with Gasteiger partial charge in [0, 0.05) is 12.3 Å². The van der Waals surface area contributed by atoms with Gasteiger partial charge in [0.15, 0.2) is 11.8 Å². The summed E-state index contributed by atoms with van der Waals surface area (Å²) in [5.74, 6) is 2.47. The maximum Gasteiger partial charge on any atom is 0.264 e. The number of benzene rings is 1. The molecule has 0 atom stereocenters. The van der Waals surface area contributed by atoms with Gasteiger partial charge in [-0.2, -0.15) is 0 Å². The first-order chi connectivity index (χ1) is 11.1. The summed E-state index contributed by atoms with van der Waals surface area (Å²) in [6, 6.07) is 7.81. The van der Waals surface area contributed by atoms with Gasteiger partial charge in [0.1, 0.15) is 5.75 Å². The van der Waals surface area contributed by atoms with Crippen molar-refractivity contribution in [2.45, 2.75) is 37.9 Å². The molecule has 0 aliphatic carbocycles. The summed E-state index contributed by atoms with van der Waals surface area (Å²) in [5.41, 5.74) is 1.24. The highest BCUT2D eigenvalue weighted by Gasteiger charge is 2.18. The summed E-state index contributed by atoms with van der Waals surface area (Å²) >= 11 is 1.66. The van der Waals surface area contributed by atoms with Gasteiger partial charge in [-0.1, -0.05) is 37.7 Å². The molecule has 0 radical (unpaired) electrons. The van der Waals surface area contributed by atoms with E-state index in [1.54, 1.807) is 11.8 Å². The molecule has 0 unspecified atom stereocenters. The van der Waals surface area contributed by atoms with Crippen LogP contribution in [-0.2, 0) is 11.3 Å². The lowest BCUT2D eigenvalue weighted by Gasteiger charge is -2.14. The molecule has 1 aliphatic heterocycles. The van der Waals surface area contributed by atoms with E-state index in [4.69, 9.17) is 4.74 Å². The average Bonchev–Trinajstić information content (AvgIpc) is 2.96. The average molecular weight is 332 g/mol. The van der Waals surface area contributed by atoms with Gasteiger partial charge in [-0.3, -0.25) is 14.7 Å². The van der Waals surface area contributed by atoms with Crippen LogP contribution in [0.2, 0.25) is 0 Å². The van der Waals surface area contributed by atoms with Crippen molar-refractivity contribution in [2.24, 2.45) is 0 Å². The topological polar surface area (TPSA) is 69.0 Å². The molecular formula is C16H20N4O2S. The molecule has 0 saturated heterocycles. The zero-order chi connectivity index (χ0) is 16.2. The van der Waals surface area contributed by atoms with Crippen molar-refractivity contribution in [3.63, 3.8) is 0 Å². The molecule has 0 spiro atoms. The third kappa shape index (κ3) is 3.85. The minimum atomic E-state index is -0.233. The van der Waals surface area contributed by atoms with Gasteiger partial charge in [0.2, 0.25) is 5.95 Å². The SMILES string of the molecule is CC(C)c1ccc(OCC(=O)Nc2nnc3n2CCCS3)cc1. The lowest BCUT2D eigenvalue weighted by atomic mass is 10.0. The minimum absolute atomic E-state index is 0.0453. The number of nitrogens with zero attached hydrogens (tertiary/aromatic N) is 3. The molecule has 7 heteroatoms. The second-order valence-electron chi connectivity index (χ2n) is 5.72. The Morgan fingerprint density at radius 3 is 2.87 bits per heavy atom. The van der Waals surface area contributed by atoms with E-state index in [0.29, 0.717) is 17.6 Å². The Hall–Kier alpha value is -2.02. The van der Waals surface area contributed by atoms with E-state index in [1.165, 1.54) is 5.56 Å². The van der Waals surface area contributed by atoms with Crippen LogP contribution in [0.25, 0.3) is 0 Å².